The van der Waals surface area contributed by atoms with Gasteiger partial charge < -0.3 is 15.5 Å². The van der Waals surface area contributed by atoms with Crippen LogP contribution in [0, 0.1) is 17.6 Å². The average molecular weight is 386 g/mol. The molecule has 1 aromatic carbocycles. The minimum atomic E-state index is -1.09. The van der Waals surface area contributed by atoms with Gasteiger partial charge in [0, 0.05) is 19.6 Å². The number of piperidine rings is 1. The van der Waals surface area contributed by atoms with Crippen LogP contribution < -0.4 is 10.6 Å². The third-order valence-electron chi connectivity index (χ3n) is 4.99. The molecule has 2 atom stereocenters. The standard InChI is InChI=1S/C18H22ClF2N3O2/c19-13-8-15(21)14(20)7-12(13)18(26)24-6-2-3-11(10-24)9-23-17(25)16-4-1-5-22-16/h7-8,11,16,22H,1-6,9-10H2,(H,23,25). The van der Waals surface area contributed by atoms with Crippen LogP contribution >= 0.6 is 11.6 Å². The summed E-state index contributed by atoms with van der Waals surface area (Å²) in [6.07, 6.45) is 3.53. The monoisotopic (exact) mass is 385 g/mol. The maximum Gasteiger partial charge on any atom is 0.255 e. The molecule has 0 aromatic heterocycles. The third-order valence-corrected chi connectivity index (χ3v) is 5.30. The number of carbonyl (C=O) groups is 2. The Morgan fingerprint density at radius 2 is 2.00 bits per heavy atom. The Morgan fingerprint density at radius 1 is 1.23 bits per heavy atom. The third kappa shape index (κ3) is 4.32. The molecular weight excluding hydrogens is 364 g/mol. The van der Waals surface area contributed by atoms with Gasteiger partial charge in [0.2, 0.25) is 5.91 Å². The van der Waals surface area contributed by atoms with E-state index in [0.717, 1.165) is 44.4 Å². The van der Waals surface area contributed by atoms with Crippen LogP contribution in [-0.2, 0) is 4.79 Å². The lowest BCUT2D eigenvalue weighted by atomic mass is 9.97. The fraction of sp³-hybridized carbons (Fsp3) is 0.556. The fourth-order valence-corrected chi connectivity index (χ4v) is 3.78. The summed E-state index contributed by atoms with van der Waals surface area (Å²) in [6, 6.07) is 1.54. The van der Waals surface area contributed by atoms with Crippen molar-refractivity contribution in [3.8, 4) is 0 Å². The zero-order valence-electron chi connectivity index (χ0n) is 14.4. The molecule has 3 rings (SSSR count). The summed E-state index contributed by atoms with van der Waals surface area (Å²) in [5.41, 5.74) is -0.0367. The van der Waals surface area contributed by atoms with E-state index >= 15 is 0 Å². The van der Waals surface area contributed by atoms with Crippen molar-refractivity contribution in [2.45, 2.75) is 31.7 Å². The molecule has 8 heteroatoms. The highest BCUT2D eigenvalue weighted by Gasteiger charge is 2.28. The lowest BCUT2D eigenvalue weighted by Crippen LogP contribution is -2.46. The number of hydrogen-bond donors (Lipinski definition) is 2. The lowest BCUT2D eigenvalue weighted by molar-refractivity contribution is -0.123. The van der Waals surface area contributed by atoms with E-state index in [-0.39, 0.29) is 28.5 Å². The molecule has 2 N–H and O–H groups in total. The van der Waals surface area contributed by atoms with E-state index in [1.807, 2.05) is 0 Å². The molecule has 0 saturated carbocycles. The van der Waals surface area contributed by atoms with Crippen LogP contribution in [0.4, 0.5) is 8.78 Å². The summed E-state index contributed by atoms with van der Waals surface area (Å²) in [7, 11) is 0. The van der Waals surface area contributed by atoms with Gasteiger partial charge in [-0.15, -0.1) is 0 Å². The number of likely N-dealkylation sites (tertiary alicyclic amines) is 1. The molecule has 2 unspecified atom stereocenters. The van der Waals surface area contributed by atoms with Crippen LogP contribution in [0.25, 0.3) is 0 Å². The summed E-state index contributed by atoms with van der Waals surface area (Å²) >= 11 is 5.91. The van der Waals surface area contributed by atoms with Crippen molar-refractivity contribution >= 4 is 23.4 Å². The SMILES string of the molecule is O=C(NCC1CCCN(C(=O)c2cc(F)c(F)cc2Cl)C1)C1CCCN1. The van der Waals surface area contributed by atoms with Crippen LogP contribution in [0.15, 0.2) is 12.1 Å². The van der Waals surface area contributed by atoms with Crippen LogP contribution in [0.1, 0.15) is 36.0 Å². The topological polar surface area (TPSA) is 61.4 Å². The molecule has 2 saturated heterocycles. The molecule has 2 heterocycles. The molecule has 2 aliphatic heterocycles. The number of benzene rings is 1. The smallest absolute Gasteiger partial charge is 0.255 e. The number of halogens is 3. The van der Waals surface area contributed by atoms with Gasteiger partial charge in [0.05, 0.1) is 16.6 Å². The van der Waals surface area contributed by atoms with Gasteiger partial charge in [-0.2, -0.15) is 0 Å². The number of amides is 2. The second-order valence-corrected chi connectivity index (χ2v) is 7.31. The summed E-state index contributed by atoms with van der Waals surface area (Å²) in [4.78, 5) is 26.3. The van der Waals surface area contributed by atoms with Crippen LogP contribution in [0.3, 0.4) is 0 Å². The van der Waals surface area contributed by atoms with E-state index in [1.165, 1.54) is 0 Å². The Kier molecular flexibility index (Phi) is 6.09. The molecule has 0 spiro atoms. The van der Waals surface area contributed by atoms with Crippen molar-refractivity contribution in [1.29, 1.82) is 0 Å². The maximum absolute atomic E-state index is 13.5. The maximum atomic E-state index is 13.5. The average Bonchev–Trinajstić information content (AvgIpc) is 3.17. The fourth-order valence-electron chi connectivity index (χ4n) is 3.55. The molecule has 1 aromatic rings. The molecule has 0 bridgehead atoms. The first-order valence-electron chi connectivity index (χ1n) is 8.90. The van der Waals surface area contributed by atoms with E-state index in [2.05, 4.69) is 10.6 Å². The Bertz CT molecular complexity index is 695. The van der Waals surface area contributed by atoms with Gasteiger partial charge in [-0.25, -0.2) is 8.78 Å². The van der Waals surface area contributed by atoms with Gasteiger partial charge in [-0.3, -0.25) is 9.59 Å². The number of nitrogens with zero attached hydrogens (tertiary/aromatic N) is 1. The molecule has 142 valence electrons. The van der Waals surface area contributed by atoms with Crippen molar-refractivity contribution in [2.75, 3.05) is 26.2 Å². The number of hydrogen-bond acceptors (Lipinski definition) is 3. The van der Waals surface area contributed by atoms with Gasteiger partial charge in [-0.1, -0.05) is 11.6 Å². The van der Waals surface area contributed by atoms with E-state index in [1.54, 1.807) is 4.90 Å². The van der Waals surface area contributed by atoms with Crippen LogP contribution in [-0.4, -0.2) is 48.9 Å². The summed E-state index contributed by atoms with van der Waals surface area (Å²) in [5, 5.41) is 6.00. The van der Waals surface area contributed by atoms with Gasteiger partial charge >= 0.3 is 0 Å². The number of carbonyl (C=O) groups excluding carboxylic acids is 2. The predicted octanol–water partition coefficient (Wildman–Crippen LogP) is 2.34. The van der Waals surface area contributed by atoms with Crippen molar-refractivity contribution in [2.24, 2.45) is 5.92 Å². The second-order valence-electron chi connectivity index (χ2n) is 6.90. The van der Waals surface area contributed by atoms with Crippen molar-refractivity contribution in [3.63, 3.8) is 0 Å². The first-order valence-corrected chi connectivity index (χ1v) is 9.28. The molecule has 2 amide bonds. The molecule has 0 aliphatic carbocycles. The van der Waals surface area contributed by atoms with Crippen LogP contribution in [0.5, 0.6) is 0 Å². The molecule has 0 radical (unpaired) electrons. The van der Waals surface area contributed by atoms with E-state index in [0.29, 0.717) is 19.6 Å². The zero-order valence-corrected chi connectivity index (χ0v) is 15.1. The molecule has 5 nitrogen and oxygen atoms in total. The van der Waals surface area contributed by atoms with Crippen molar-refractivity contribution in [3.05, 3.63) is 34.4 Å². The molecule has 26 heavy (non-hydrogen) atoms. The van der Waals surface area contributed by atoms with Gasteiger partial charge in [-0.05, 0) is 50.3 Å². The molecule has 2 fully saturated rings. The Labute approximate surface area is 156 Å². The summed E-state index contributed by atoms with van der Waals surface area (Å²) in [5.74, 6) is -2.46. The molecule has 2 aliphatic rings. The zero-order chi connectivity index (χ0) is 18.7. The normalized spacial score (nSPS) is 23.1. The number of nitrogens with one attached hydrogen (secondary N) is 2. The quantitative estimate of drug-likeness (QED) is 0.782. The first-order chi connectivity index (χ1) is 12.5. The Hall–Kier alpha value is -1.73. The predicted molar refractivity (Wildman–Crippen MR) is 94.0 cm³/mol. The second kappa shape index (κ2) is 8.31. The minimum Gasteiger partial charge on any atom is -0.354 e. The number of rotatable bonds is 4. The lowest BCUT2D eigenvalue weighted by Gasteiger charge is -2.33. The highest BCUT2D eigenvalue weighted by molar-refractivity contribution is 6.33. The Balaban J connectivity index is 1.58. The van der Waals surface area contributed by atoms with E-state index in [9.17, 15) is 18.4 Å². The summed E-state index contributed by atoms with van der Waals surface area (Å²) < 4.78 is 26.7. The Morgan fingerprint density at radius 3 is 2.73 bits per heavy atom. The van der Waals surface area contributed by atoms with Gasteiger partial charge in [0.15, 0.2) is 11.6 Å². The van der Waals surface area contributed by atoms with Gasteiger partial charge in [0.25, 0.3) is 5.91 Å². The van der Waals surface area contributed by atoms with E-state index < -0.39 is 17.5 Å². The van der Waals surface area contributed by atoms with Crippen LogP contribution in [0.2, 0.25) is 5.02 Å². The highest BCUT2D eigenvalue weighted by Crippen LogP contribution is 2.24. The first kappa shape index (κ1) is 19.0. The van der Waals surface area contributed by atoms with E-state index in [4.69, 9.17) is 11.6 Å². The largest absolute Gasteiger partial charge is 0.354 e. The molecular formula is C18H22ClF2N3O2. The minimum absolute atomic E-state index is 0.00500. The highest BCUT2D eigenvalue weighted by atomic mass is 35.5. The van der Waals surface area contributed by atoms with Crippen molar-refractivity contribution in [1.82, 2.24) is 15.5 Å². The van der Waals surface area contributed by atoms with Gasteiger partial charge in [0.1, 0.15) is 0 Å². The summed E-state index contributed by atoms with van der Waals surface area (Å²) in [6.45, 7) is 2.33. The van der Waals surface area contributed by atoms with Crippen molar-refractivity contribution < 1.29 is 18.4 Å².